The Morgan fingerprint density at radius 3 is 2.56 bits per heavy atom. The maximum atomic E-state index is 12.6. The van der Waals surface area contributed by atoms with Gasteiger partial charge in [-0.25, -0.2) is 15.0 Å². The van der Waals surface area contributed by atoms with Crippen LogP contribution in [0, 0.1) is 30.6 Å². The Morgan fingerprint density at radius 2 is 1.84 bits per heavy atom. The molecule has 2 aromatic heterocycles. The molecule has 0 atom stereocenters. The summed E-state index contributed by atoms with van der Waals surface area (Å²) in [5, 5.41) is 0. The SMILES string of the molecule is Cc1ncnc(N2CCC(CCC(=O)C3CCCCC3)CC2)c1C#Cc1ccc(N)nc1. The normalized spacial score (nSPS) is 17.6. The smallest absolute Gasteiger partial charge is 0.148 e. The maximum Gasteiger partial charge on any atom is 0.148 e. The van der Waals surface area contributed by atoms with Crippen molar-refractivity contribution in [3.05, 3.63) is 41.5 Å². The van der Waals surface area contributed by atoms with Gasteiger partial charge in [-0.05, 0) is 57.1 Å². The molecular formula is C26H33N5O. The van der Waals surface area contributed by atoms with Crippen LogP contribution in [0.5, 0.6) is 0 Å². The monoisotopic (exact) mass is 431 g/mol. The van der Waals surface area contributed by atoms with E-state index in [1.807, 2.05) is 13.0 Å². The minimum Gasteiger partial charge on any atom is -0.384 e. The van der Waals surface area contributed by atoms with Crippen LogP contribution in [0.15, 0.2) is 24.7 Å². The van der Waals surface area contributed by atoms with Crippen molar-refractivity contribution in [1.29, 1.82) is 0 Å². The van der Waals surface area contributed by atoms with Crippen molar-refractivity contribution >= 4 is 17.4 Å². The highest BCUT2D eigenvalue weighted by atomic mass is 16.1. The molecule has 4 rings (SSSR count). The highest BCUT2D eigenvalue weighted by Crippen LogP contribution is 2.30. The Kier molecular flexibility index (Phi) is 7.36. The maximum absolute atomic E-state index is 12.6. The lowest BCUT2D eigenvalue weighted by Crippen LogP contribution is -2.35. The van der Waals surface area contributed by atoms with Gasteiger partial charge in [-0.1, -0.05) is 31.1 Å². The Balaban J connectivity index is 1.36. The van der Waals surface area contributed by atoms with Gasteiger partial charge in [0.1, 0.15) is 23.7 Å². The average molecular weight is 432 g/mol. The Morgan fingerprint density at radius 1 is 1.06 bits per heavy atom. The third-order valence-corrected chi connectivity index (χ3v) is 6.91. The van der Waals surface area contributed by atoms with E-state index in [0.29, 0.717) is 23.4 Å². The molecule has 6 heteroatoms. The summed E-state index contributed by atoms with van der Waals surface area (Å²) >= 11 is 0. The van der Waals surface area contributed by atoms with E-state index in [1.54, 1.807) is 18.6 Å². The van der Waals surface area contributed by atoms with E-state index in [9.17, 15) is 4.79 Å². The molecule has 1 aliphatic heterocycles. The van der Waals surface area contributed by atoms with Crippen molar-refractivity contribution in [2.75, 3.05) is 23.7 Å². The van der Waals surface area contributed by atoms with Crippen LogP contribution in [-0.4, -0.2) is 33.8 Å². The van der Waals surface area contributed by atoms with Gasteiger partial charge in [-0.3, -0.25) is 4.79 Å². The van der Waals surface area contributed by atoms with Crippen molar-refractivity contribution in [2.45, 2.75) is 64.7 Å². The largest absolute Gasteiger partial charge is 0.384 e. The van der Waals surface area contributed by atoms with Gasteiger partial charge in [0, 0.05) is 37.2 Å². The standard InChI is InChI=1S/C26H33N5O/c1-19-23(10-7-21-9-12-25(27)28-17-21)26(30-18-29-19)31-15-13-20(14-16-31)8-11-24(32)22-5-3-2-4-6-22/h9,12,17-18,20,22H,2-6,8,11,13-16H2,1H3,(H2,27,28). The number of aromatic nitrogens is 3. The summed E-state index contributed by atoms with van der Waals surface area (Å²) in [6.07, 6.45) is 13.3. The summed E-state index contributed by atoms with van der Waals surface area (Å²) < 4.78 is 0. The second-order valence-corrected chi connectivity index (χ2v) is 9.15. The highest BCUT2D eigenvalue weighted by molar-refractivity contribution is 5.81. The molecule has 2 fully saturated rings. The Bertz CT molecular complexity index is 978. The van der Waals surface area contributed by atoms with Crippen LogP contribution in [-0.2, 0) is 4.79 Å². The summed E-state index contributed by atoms with van der Waals surface area (Å²) in [4.78, 5) is 27.9. The fourth-order valence-electron chi connectivity index (χ4n) is 4.87. The van der Waals surface area contributed by atoms with E-state index >= 15 is 0 Å². The third-order valence-electron chi connectivity index (χ3n) is 6.91. The first kappa shape index (κ1) is 22.3. The molecule has 0 aromatic carbocycles. The molecule has 3 heterocycles. The molecule has 0 bridgehead atoms. The Labute approximate surface area is 191 Å². The van der Waals surface area contributed by atoms with Gasteiger partial charge in [-0.2, -0.15) is 0 Å². The number of rotatable bonds is 5. The molecule has 1 saturated heterocycles. The number of aryl methyl sites for hydroxylation is 1. The summed E-state index contributed by atoms with van der Waals surface area (Å²) in [7, 11) is 0. The molecule has 1 aliphatic carbocycles. The van der Waals surface area contributed by atoms with Crippen LogP contribution in [0.4, 0.5) is 11.6 Å². The number of piperidine rings is 1. The zero-order chi connectivity index (χ0) is 22.3. The predicted molar refractivity (Wildman–Crippen MR) is 127 cm³/mol. The molecule has 32 heavy (non-hydrogen) atoms. The summed E-state index contributed by atoms with van der Waals surface area (Å²) in [5.74, 6) is 9.29. The molecule has 168 valence electrons. The molecule has 6 nitrogen and oxygen atoms in total. The van der Waals surface area contributed by atoms with Gasteiger partial charge in [-0.15, -0.1) is 0 Å². The minimum absolute atomic E-state index is 0.338. The van der Waals surface area contributed by atoms with Crippen LogP contribution in [0.3, 0.4) is 0 Å². The molecule has 2 aliphatic rings. The summed E-state index contributed by atoms with van der Waals surface area (Å²) in [6, 6.07) is 3.62. The van der Waals surface area contributed by atoms with E-state index < -0.39 is 0 Å². The number of hydrogen-bond donors (Lipinski definition) is 1. The lowest BCUT2D eigenvalue weighted by Gasteiger charge is -2.33. The molecule has 2 aromatic rings. The zero-order valence-corrected chi connectivity index (χ0v) is 19.0. The lowest BCUT2D eigenvalue weighted by atomic mass is 9.83. The first-order chi connectivity index (χ1) is 15.6. The quantitative estimate of drug-likeness (QED) is 0.710. The predicted octanol–water partition coefficient (Wildman–Crippen LogP) is 4.31. The topological polar surface area (TPSA) is 85.0 Å². The number of nitrogens with two attached hydrogens (primary N) is 1. The number of nitrogen functional groups attached to an aromatic ring is 1. The fraction of sp³-hybridized carbons (Fsp3) is 0.538. The molecular weight excluding hydrogens is 398 g/mol. The number of carbonyl (C=O) groups excluding carboxylic acids is 1. The van der Waals surface area contributed by atoms with Gasteiger partial charge in [0.05, 0.1) is 11.3 Å². The van der Waals surface area contributed by atoms with Crippen LogP contribution >= 0.6 is 0 Å². The van der Waals surface area contributed by atoms with E-state index in [-0.39, 0.29) is 0 Å². The van der Waals surface area contributed by atoms with Gasteiger partial charge in [0.15, 0.2) is 0 Å². The van der Waals surface area contributed by atoms with E-state index in [1.165, 1.54) is 19.3 Å². The second-order valence-electron chi connectivity index (χ2n) is 9.15. The fourth-order valence-corrected chi connectivity index (χ4v) is 4.87. The number of anilines is 2. The Hall–Kier alpha value is -2.94. The first-order valence-electron chi connectivity index (χ1n) is 11.9. The first-order valence-corrected chi connectivity index (χ1v) is 11.9. The molecule has 0 spiro atoms. The van der Waals surface area contributed by atoms with Crippen molar-refractivity contribution in [3.8, 4) is 11.8 Å². The number of Topliss-reactive ketones (excluding diaryl/α,β-unsaturated/α-hetero) is 1. The molecule has 0 amide bonds. The number of hydrogen-bond acceptors (Lipinski definition) is 6. The van der Waals surface area contributed by atoms with Gasteiger partial charge in [0.2, 0.25) is 0 Å². The average Bonchev–Trinajstić information content (AvgIpc) is 2.83. The molecule has 2 N–H and O–H groups in total. The molecule has 0 unspecified atom stereocenters. The van der Waals surface area contributed by atoms with Crippen molar-refractivity contribution in [1.82, 2.24) is 15.0 Å². The van der Waals surface area contributed by atoms with E-state index in [4.69, 9.17) is 5.73 Å². The molecule has 0 radical (unpaired) electrons. The second kappa shape index (κ2) is 10.6. The van der Waals surface area contributed by atoms with Crippen molar-refractivity contribution in [3.63, 3.8) is 0 Å². The lowest BCUT2D eigenvalue weighted by molar-refractivity contribution is -0.124. The minimum atomic E-state index is 0.338. The van der Waals surface area contributed by atoms with Crippen molar-refractivity contribution < 1.29 is 4.79 Å². The van der Waals surface area contributed by atoms with E-state index in [2.05, 4.69) is 31.7 Å². The zero-order valence-electron chi connectivity index (χ0n) is 19.0. The molecule has 1 saturated carbocycles. The summed E-state index contributed by atoms with van der Waals surface area (Å²) in [5.41, 5.74) is 8.23. The number of carbonyl (C=O) groups is 1. The van der Waals surface area contributed by atoms with Crippen LogP contribution in [0.2, 0.25) is 0 Å². The third kappa shape index (κ3) is 5.64. The highest BCUT2D eigenvalue weighted by Gasteiger charge is 2.25. The van der Waals surface area contributed by atoms with Crippen LogP contribution < -0.4 is 10.6 Å². The van der Waals surface area contributed by atoms with Gasteiger partial charge < -0.3 is 10.6 Å². The summed E-state index contributed by atoms with van der Waals surface area (Å²) in [6.45, 7) is 3.85. The van der Waals surface area contributed by atoms with Crippen molar-refractivity contribution in [2.24, 2.45) is 11.8 Å². The van der Waals surface area contributed by atoms with Gasteiger partial charge in [0.25, 0.3) is 0 Å². The number of ketones is 1. The number of pyridine rings is 1. The van der Waals surface area contributed by atoms with Gasteiger partial charge >= 0.3 is 0 Å². The number of nitrogens with zero attached hydrogens (tertiary/aromatic N) is 4. The van der Waals surface area contributed by atoms with Crippen LogP contribution in [0.25, 0.3) is 0 Å². The van der Waals surface area contributed by atoms with Crippen LogP contribution in [0.1, 0.15) is 74.6 Å². The van der Waals surface area contributed by atoms with E-state index in [0.717, 1.165) is 74.3 Å².